The minimum Gasteiger partial charge on any atom is -0.455 e. The normalized spacial score (nSPS) is 13.0. The van der Waals surface area contributed by atoms with Crippen LogP contribution in [0.4, 0.5) is 0 Å². The highest BCUT2D eigenvalue weighted by atomic mass is 16.3. The van der Waals surface area contributed by atoms with E-state index >= 15 is 0 Å². The highest BCUT2D eigenvalue weighted by Gasteiger charge is 2.22. The van der Waals surface area contributed by atoms with Crippen molar-refractivity contribution in [3.63, 3.8) is 0 Å². The number of furan rings is 1. The number of benzene rings is 9. The molecule has 0 aliphatic heterocycles. The molecule has 0 aliphatic carbocycles. The molecule has 0 bridgehead atoms. The summed E-state index contributed by atoms with van der Waals surface area (Å²) in [5.41, 5.74) is 7.31. The van der Waals surface area contributed by atoms with Crippen LogP contribution in [0.3, 0.4) is 0 Å². The standard InChI is InChI=1S/C53H32N4O/c1-3-15-33(16-4-1)51-54-52(34-17-5-2-6-18-34)56-53(55-51)46-32-37(57-47-25-13-11-23-41(47)42-24-12-14-26-48(42)57)31-45-44-30-36(27-28-49(44)58-50(45)46)43-29-35-19-7-8-20-38(35)39-21-9-10-22-40(39)43/h1-32H/i1D,3D,4D,15D,16D. The summed E-state index contributed by atoms with van der Waals surface area (Å²) in [5.74, 6) is 0.449. The van der Waals surface area contributed by atoms with Crippen molar-refractivity contribution in [2.24, 2.45) is 0 Å². The molecule has 58 heavy (non-hydrogen) atoms. The lowest BCUT2D eigenvalue weighted by Crippen LogP contribution is -2.01. The third-order valence-electron chi connectivity index (χ3n) is 11.1. The van der Waals surface area contributed by atoms with E-state index in [1.54, 1.807) is 0 Å². The molecule has 12 rings (SSSR count). The zero-order valence-electron chi connectivity index (χ0n) is 35.8. The Hall–Kier alpha value is -7.89. The van der Waals surface area contributed by atoms with Gasteiger partial charge >= 0.3 is 0 Å². The van der Waals surface area contributed by atoms with E-state index in [4.69, 9.17) is 26.2 Å². The Kier molecular flexibility index (Phi) is 6.12. The molecule has 0 fully saturated rings. The first kappa shape index (κ1) is 27.7. The molecular weight excluding hydrogens is 709 g/mol. The topological polar surface area (TPSA) is 56.7 Å². The predicted octanol–water partition coefficient (Wildman–Crippen LogP) is 13.8. The molecule has 0 saturated carbocycles. The molecule has 5 nitrogen and oxygen atoms in total. The molecule has 0 saturated heterocycles. The first-order chi connectivity index (χ1) is 30.8. The number of rotatable bonds is 5. The molecule has 3 aromatic heterocycles. The van der Waals surface area contributed by atoms with Crippen LogP contribution in [-0.4, -0.2) is 19.5 Å². The summed E-state index contributed by atoms with van der Waals surface area (Å²) in [5, 5.41) is 8.61. The highest BCUT2D eigenvalue weighted by Crippen LogP contribution is 2.43. The highest BCUT2D eigenvalue weighted by molar-refractivity contribution is 6.16. The molecule has 270 valence electrons. The first-order valence-corrected chi connectivity index (χ1v) is 19.1. The molecular formula is C53H32N4O. The van der Waals surface area contributed by atoms with Crippen molar-refractivity contribution in [2.75, 3.05) is 0 Å². The van der Waals surface area contributed by atoms with Crippen LogP contribution in [0.25, 0.3) is 116 Å². The molecule has 5 heteroatoms. The summed E-state index contributed by atoms with van der Waals surface area (Å²) in [7, 11) is 0. The van der Waals surface area contributed by atoms with Crippen LogP contribution in [0.2, 0.25) is 0 Å². The molecule has 0 amide bonds. The number of hydrogen-bond acceptors (Lipinski definition) is 4. The SMILES string of the molecule is [2H]c1c([2H])c([2H])c(-c2nc(-c3ccccc3)nc(-c3cc(-n4c5ccccc5c5ccccc54)cc4c3oc3ccc(-c5cc6ccccc6c6ccccc56)cc34)n2)c([2H])c1[2H]. The van der Waals surface area contributed by atoms with Gasteiger partial charge < -0.3 is 8.98 Å². The zero-order valence-corrected chi connectivity index (χ0v) is 30.8. The zero-order chi connectivity index (χ0) is 42.5. The van der Waals surface area contributed by atoms with Crippen molar-refractivity contribution in [2.45, 2.75) is 0 Å². The van der Waals surface area contributed by atoms with E-state index in [-0.39, 0.29) is 23.0 Å². The van der Waals surface area contributed by atoms with E-state index in [2.05, 4.69) is 102 Å². The van der Waals surface area contributed by atoms with Gasteiger partial charge in [0, 0.05) is 38.4 Å². The smallest absolute Gasteiger partial charge is 0.167 e. The van der Waals surface area contributed by atoms with Gasteiger partial charge in [0.25, 0.3) is 0 Å². The number of fused-ring (bicyclic) bond motifs is 9. The van der Waals surface area contributed by atoms with Crippen LogP contribution in [0.15, 0.2) is 198 Å². The maximum Gasteiger partial charge on any atom is 0.167 e. The minimum absolute atomic E-state index is 0.0483. The summed E-state index contributed by atoms with van der Waals surface area (Å²) in [6.45, 7) is 0. The fourth-order valence-corrected chi connectivity index (χ4v) is 8.51. The molecule has 0 unspecified atom stereocenters. The second-order valence-electron chi connectivity index (χ2n) is 14.4. The Morgan fingerprint density at radius 3 is 1.79 bits per heavy atom. The van der Waals surface area contributed by atoms with E-state index in [0.29, 0.717) is 22.3 Å². The molecule has 0 aliphatic rings. The van der Waals surface area contributed by atoms with Crippen molar-refractivity contribution in [1.82, 2.24) is 19.5 Å². The molecule has 0 atom stereocenters. The van der Waals surface area contributed by atoms with Gasteiger partial charge in [-0.1, -0.05) is 152 Å². The van der Waals surface area contributed by atoms with Crippen LogP contribution in [0, 0.1) is 0 Å². The van der Waals surface area contributed by atoms with Gasteiger partial charge in [-0.25, -0.2) is 15.0 Å². The largest absolute Gasteiger partial charge is 0.455 e. The molecule has 3 heterocycles. The Balaban J connectivity index is 1.19. The van der Waals surface area contributed by atoms with Gasteiger partial charge in [-0.05, 0) is 75.1 Å². The van der Waals surface area contributed by atoms with E-state index in [1.807, 2.05) is 66.7 Å². The third kappa shape index (κ3) is 5.07. The third-order valence-corrected chi connectivity index (χ3v) is 11.1. The number of para-hydroxylation sites is 2. The summed E-state index contributed by atoms with van der Waals surface area (Å²) in [4.78, 5) is 14.8. The lowest BCUT2D eigenvalue weighted by molar-refractivity contribution is 0.669. The maximum absolute atomic E-state index is 8.90. The fraction of sp³-hybridized carbons (Fsp3) is 0. The Morgan fingerprint density at radius 1 is 0.414 bits per heavy atom. The molecule has 0 spiro atoms. The molecule has 0 N–H and O–H groups in total. The average Bonchev–Trinajstić information content (AvgIpc) is 3.88. The van der Waals surface area contributed by atoms with Gasteiger partial charge in [0.15, 0.2) is 17.5 Å². The minimum atomic E-state index is -0.495. The number of hydrogen-bond donors (Lipinski definition) is 0. The van der Waals surface area contributed by atoms with Crippen molar-refractivity contribution < 1.29 is 11.3 Å². The lowest BCUT2D eigenvalue weighted by atomic mass is 9.92. The van der Waals surface area contributed by atoms with E-state index in [1.165, 1.54) is 10.8 Å². The van der Waals surface area contributed by atoms with Crippen LogP contribution in [0.1, 0.15) is 6.85 Å². The lowest BCUT2D eigenvalue weighted by Gasteiger charge is -2.13. The first-order valence-electron chi connectivity index (χ1n) is 21.6. The molecule has 0 radical (unpaired) electrons. The average molecular weight is 746 g/mol. The summed E-state index contributed by atoms with van der Waals surface area (Å²) < 4.78 is 52.2. The monoisotopic (exact) mass is 745 g/mol. The summed E-state index contributed by atoms with van der Waals surface area (Å²) >= 11 is 0. The van der Waals surface area contributed by atoms with Crippen LogP contribution in [-0.2, 0) is 0 Å². The quantitative estimate of drug-likeness (QED) is 0.165. The van der Waals surface area contributed by atoms with Crippen molar-refractivity contribution in [3.8, 4) is 51.0 Å². The second kappa shape index (κ2) is 12.8. The molecule has 12 aromatic rings. The van der Waals surface area contributed by atoms with Gasteiger partial charge in [0.1, 0.15) is 11.2 Å². The van der Waals surface area contributed by atoms with Gasteiger partial charge in [0.2, 0.25) is 0 Å². The predicted molar refractivity (Wildman–Crippen MR) is 238 cm³/mol. The van der Waals surface area contributed by atoms with E-state index in [9.17, 15) is 0 Å². The summed E-state index contributed by atoms with van der Waals surface area (Å²) in [6.07, 6.45) is 0. The van der Waals surface area contributed by atoms with Crippen molar-refractivity contribution in [1.29, 1.82) is 0 Å². The van der Waals surface area contributed by atoms with Gasteiger partial charge in [-0.15, -0.1) is 0 Å². The maximum atomic E-state index is 8.90. The Labute approximate surface area is 340 Å². The van der Waals surface area contributed by atoms with Gasteiger partial charge in [0.05, 0.1) is 23.5 Å². The van der Waals surface area contributed by atoms with Crippen molar-refractivity contribution >= 4 is 65.3 Å². The van der Waals surface area contributed by atoms with Crippen LogP contribution >= 0.6 is 0 Å². The van der Waals surface area contributed by atoms with E-state index < -0.39 is 30.2 Å². The summed E-state index contributed by atoms with van der Waals surface area (Å²) in [6, 6.07) is 53.5. The Bertz CT molecular complexity index is 3800. The van der Waals surface area contributed by atoms with Crippen LogP contribution in [0.5, 0.6) is 0 Å². The van der Waals surface area contributed by atoms with E-state index in [0.717, 1.165) is 60.2 Å². The van der Waals surface area contributed by atoms with Gasteiger partial charge in [-0.2, -0.15) is 0 Å². The second-order valence-corrected chi connectivity index (χ2v) is 14.4. The number of aromatic nitrogens is 4. The van der Waals surface area contributed by atoms with Gasteiger partial charge in [-0.3, -0.25) is 0 Å². The number of nitrogens with zero attached hydrogens (tertiary/aromatic N) is 4. The molecule has 9 aromatic carbocycles. The van der Waals surface area contributed by atoms with Crippen molar-refractivity contribution in [3.05, 3.63) is 194 Å². The Morgan fingerprint density at radius 2 is 1.03 bits per heavy atom. The fourth-order valence-electron chi connectivity index (χ4n) is 8.51. The van der Waals surface area contributed by atoms with Crippen LogP contribution < -0.4 is 0 Å².